The number of hydrogen-bond acceptors (Lipinski definition) is 5. The molecule has 1 aliphatic rings. The van der Waals surface area contributed by atoms with Crippen LogP contribution in [0, 0.1) is 0 Å². The maximum atomic E-state index is 12.8. The Morgan fingerprint density at radius 3 is 2.23 bits per heavy atom. The van der Waals surface area contributed by atoms with Gasteiger partial charge in [0.1, 0.15) is 11.3 Å². The first-order chi connectivity index (χ1) is 19.1. The van der Waals surface area contributed by atoms with Gasteiger partial charge in [0, 0.05) is 49.8 Å². The minimum Gasteiger partial charge on any atom is -0.497 e. The molecular weight excluding hydrogens is 488 g/mol. The van der Waals surface area contributed by atoms with E-state index in [0.717, 1.165) is 45.6 Å². The molecule has 7 nitrogen and oxygen atoms in total. The minimum atomic E-state index is -0.345. The summed E-state index contributed by atoms with van der Waals surface area (Å²) >= 11 is 0. The molecule has 1 aliphatic heterocycles. The lowest BCUT2D eigenvalue weighted by Crippen LogP contribution is -2.48. The average Bonchev–Trinajstić information content (AvgIpc) is 2.99. The van der Waals surface area contributed by atoms with Crippen molar-refractivity contribution in [2.24, 2.45) is 0 Å². The third-order valence-corrected chi connectivity index (χ3v) is 7.52. The van der Waals surface area contributed by atoms with E-state index < -0.39 is 0 Å². The number of nitrogens with zero attached hydrogens (tertiary/aromatic N) is 2. The Labute approximate surface area is 229 Å². The number of unbranched alkanes of at least 4 members (excludes halogenated alkanes) is 1. The Morgan fingerprint density at radius 2 is 1.59 bits per heavy atom. The second kappa shape index (κ2) is 12.7. The van der Waals surface area contributed by atoms with Crippen LogP contribution in [0.15, 0.2) is 89.9 Å². The number of aromatic nitrogens is 1. The second-order valence-corrected chi connectivity index (χ2v) is 10.0. The third kappa shape index (κ3) is 6.38. The average molecular weight is 525 g/mol. The van der Waals surface area contributed by atoms with E-state index >= 15 is 0 Å². The molecule has 2 heterocycles. The van der Waals surface area contributed by atoms with E-state index in [-0.39, 0.29) is 22.9 Å². The van der Waals surface area contributed by atoms with Crippen LogP contribution in [0.4, 0.5) is 0 Å². The molecule has 2 N–H and O–H groups in total. The van der Waals surface area contributed by atoms with Gasteiger partial charge in [0.15, 0.2) is 0 Å². The van der Waals surface area contributed by atoms with E-state index in [1.165, 1.54) is 17.3 Å². The van der Waals surface area contributed by atoms with Crippen LogP contribution in [0.1, 0.15) is 40.4 Å². The van der Waals surface area contributed by atoms with Gasteiger partial charge in [-0.3, -0.25) is 14.5 Å². The smallest absolute Gasteiger partial charge is 0.256 e. The number of carbonyl (C=O) groups excluding carboxylic acids is 1. The molecule has 0 unspecified atom stereocenters. The number of piperazine rings is 1. The molecule has 0 saturated carbocycles. The van der Waals surface area contributed by atoms with Crippen LogP contribution in [0.5, 0.6) is 5.75 Å². The summed E-state index contributed by atoms with van der Waals surface area (Å²) in [6.45, 7) is 5.62. The highest BCUT2D eigenvalue weighted by molar-refractivity contribution is 5.97. The van der Waals surface area contributed by atoms with Gasteiger partial charge in [-0.2, -0.15) is 0 Å². The van der Waals surface area contributed by atoms with Crippen LogP contribution in [-0.2, 0) is 0 Å². The molecular formula is C32H36N4O3. The van der Waals surface area contributed by atoms with Crippen molar-refractivity contribution in [2.75, 3.05) is 46.4 Å². The van der Waals surface area contributed by atoms with Gasteiger partial charge in [-0.15, -0.1) is 0 Å². The first kappa shape index (κ1) is 26.7. The highest BCUT2D eigenvalue weighted by Gasteiger charge is 2.26. The molecule has 0 bridgehead atoms. The lowest BCUT2D eigenvalue weighted by atomic mass is 9.96. The molecule has 7 heteroatoms. The summed E-state index contributed by atoms with van der Waals surface area (Å²) in [5.74, 6) is 0.240. The summed E-state index contributed by atoms with van der Waals surface area (Å²) in [6, 6.07) is 27.0. The fourth-order valence-corrected chi connectivity index (χ4v) is 5.38. The predicted octanol–water partition coefficient (Wildman–Crippen LogP) is 4.45. The zero-order valence-electron chi connectivity index (χ0n) is 22.4. The molecule has 1 fully saturated rings. The van der Waals surface area contributed by atoms with Crippen LogP contribution in [0.25, 0.3) is 10.9 Å². The summed E-state index contributed by atoms with van der Waals surface area (Å²) < 4.78 is 5.22. The molecule has 0 radical (unpaired) electrons. The number of methoxy groups -OCH3 is 1. The molecule has 1 aromatic heterocycles. The van der Waals surface area contributed by atoms with E-state index in [1.54, 1.807) is 25.3 Å². The summed E-state index contributed by atoms with van der Waals surface area (Å²) in [5, 5.41) is 3.36. The summed E-state index contributed by atoms with van der Waals surface area (Å²) in [5.41, 5.74) is 3.17. The SMILES string of the molecule is COc1ccc2[nH]cc(C(=O)NCCCCN3CCN(C(c4ccccc4)c4ccccc4)CC3)c(=O)c2c1. The highest BCUT2D eigenvalue weighted by Crippen LogP contribution is 2.29. The van der Waals surface area contributed by atoms with E-state index in [9.17, 15) is 9.59 Å². The number of benzene rings is 3. The molecule has 1 saturated heterocycles. The van der Waals surface area contributed by atoms with E-state index in [0.29, 0.717) is 23.2 Å². The van der Waals surface area contributed by atoms with Gasteiger partial charge in [-0.05, 0) is 48.7 Å². The standard InChI is InChI=1S/C32H36N4O3/c1-39-26-14-15-29-27(22-26)31(37)28(23-34-29)32(38)33-16-8-9-17-35-18-20-36(21-19-35)30(24-10-4-2-5-11-24)25-12-6-3-7-13-25/h2-7,10-15,22-23,30H,8-9,16-21H2,1H3,(H,33,38)(H,34,37). The topological polar surface area (TPSA) is 77.7 Å². The number of H-pyrrole nitrogens is 1. The predicted molar refractivity (Wildman–Crippen MR) is 155 cm³/mol. The van der Waals surface area contributed by atoms with Gasteiger partial charge in [0.2, 0.25) is 5.43 Å². The molecule has 4 aromatic rings. The van der Waals surface area contributed by atoms with E-state index in [1.807, 2.05) is 0 Å². The van der Waals surface area contributed by atoms with Gasteiger partial charge < -0.3 is 19.9 Å². The Kier molecular flexibility index (Phi) is 8.71. The van der Waals surface area contributed by atoms with E-state index in [2.05, 4.69) is 80.8 Å². The Bertz CT molecular complexity index is 1390. The minimum absolute atomic E-state index is 0.123. The third-order valence-electron chi connectivity index (χ3n) is 7.52. The van der Waals surface area contributed by atoms with Crippen molar-refractivity contribution in [1.82, 2.24) is 20.1 Å². The number of pyridine rings is 1. The van der Waals surface area contributed by atoms with Crippen molar-refractivity contribution in [1.29, 1.82) is 0 Å². The number of nitrogens with one attached hydrogen (secondary N) is 2. The van der Waals surface area contributed by atoms with Crippen LogP contribution in [0.2, 0.25) is 0 Å². The van der Waals surface area contributed by atoms with Crippen LogP contribution in [0.3, 0.4) is 0 Å². The quantitative estimate of drug-likeness (QED) is 0.300. The first-order valence-corrected chi connectivity index (χ1v) is 13.7. The summed E-state index contributed by atoms with van der Waals surface area (Å²) in [6.07, 6.45) is 3.35. The van der Waals surface area contributed by atoms with Crippen LogP contribution >= 0.6 is 0 Å². The number of ether oxygens (including phenoxy) is 1. The largest absolute Gasteiger partial charge is 0.497 e. The van der Waals surface area contributed by atoms with Gasteiger partial charge in [-0.1, -0.05) is 60.7 Å². The number of rotatable bonds is 10. The molecule has 0 spiro atoms. The number of amides is 1. The monoisotopic (exact) mass is 524 g/mol. The van der Waals surface area contributed by atoms with Gasteiger partial charge >= 0.3 is 0 Å². The number of carbonyl (C=O) groups is 1. The second-order valence-electron chi connectivity index (χ2n) is 10.0. The fourth-order valence-electron chi connectivity index (χ4n) is 5.38. The summed E-state index contributed by atoms with van der Waals surface area (Å²) in [7, 11) is 1.55. The van der Waals surface area contributed by atoms with Crippen molar-refractivity contribution in [3.05, 3.63) is 112 Å². The van der Waals surface area contributed by atoms with Crippen molar-refractivity contribution in [2.45, 2.75) is 18.9 Å². The van der Waals surface area contributed by atoms with Crippen molar-refractivity contribution in [3.8, 4) is 5.75 Å². The zero-order valence-corrected chi connectivity index (χ0v) is 22.4. The van der Waals surface area contributed by atoms with Gasteiger partial charge in [0.05, 0.1) is 13.2 Å². The number of hydrogen-bond donors (Lipinski definition) is 2. The van der Waals surface area contributed by atoms with Crippen molar-refractivity contribution in [3.63, 3.8) is 0 Å². The molecule has 0 aliphatic carbocycles. The summed E-state index contributed by atoms with van der Waals surface area (Å²) in [4.78, 5) is 33.7. The zero-order chi connectivity index (χ0) is 27.0. The Balaban J connectivity index is 1.09. The molecule has 0 atom stereocenters. The molecule has 1 amide bonds. The van der Waals surface area contributed by atoms with E-state index in [4.69, 9.17) is 4.74 Å². The first-order valence-electron chi connectivity index (χ1n) is 13.7. The molecule has 39 heavy (non-hydrogen) atoms. The fraction of sp³-hybridized carbons (Fsp3) is 0.312. The lowest BCUT2D eigenvalue weighted by Gasteiger charge is -2.39. The maximum absolute atomic E-state index is 12.8. The number of aromatic amines is 1. The number of fused-ring (bicyclic) bond motifs is 1. The van der Waals surface area contributed by atoms with Gasteiger partial charge in [0.25, 0.3) is 5.91 Å². The van der Waals surface area contributed by atoms with Gasteiger partial charge in [-0.25, -0.2) is 0 Å². The Morgan fingerprint density at radius 1 is 0.923 bits per heavy atom. The van der Waals surface area contributed by atoms with Crippen molar-refractivity contribution < 1.29 is 9.53 Å². The lowest BCUT2D eigenvalue weighted by molar-refractivity contribution is 0.0948. The molecule has 5 rings (SSSR count). The highest BCUT2D eigenvalue weighted by atomic mass is 16.5. The Hall–Kier alpha value is -3.94. The molecule has 202 valence electrons. The van der Waals surface area contributed by atoms with Crippen LogP contribution in [-0.4, -0.2) is 67.1 Å². The maximum Gasteiger partial charge on any atom is 0.256 e. The normalized spacial score (nSPS) is 14.5. The van der Waals surface area contributed by atoms with Crippen LogP contribution < -0.4 is 15.5 Å². The van der Waals surface area contributed by atoms with Crippen molar-refractivity contribution >= 4 is 16.8 Å². The molecule has 3 aromatic carbocycles.